The Morgan fingerprint density at radius 1 is 0.304 bits per heavy atom. The van der Waals surface area contributed by atoms with Crippen LogP contribution in [0.3, 0.4) is 0 Å². The number of carboxylic acid groups (broad SMARTS) is 2. The molecule has 4 nitrogen and oxygen atoms in total. The second kappa shape index (κ2) is 31.2. The third kappa shape index (κ3) is 22.5. The summed E-state index contributed by atoms with van der Waals surface area (Å²) >= 11 is 0. The fourth-order valence-electron chi connectivity index (χ4n) is 7.65. The lowest BCUT2D eigenvalue weighted by atomic mass is 9.73. The number of rotatable bonds is 37. The maximum atomic E-state index is 12.8. The second-order valence-electron chi connectivity index (χ2n) is 15.2. The first kappa shape index (κ1) is 44.9. The van der Waals surface area contributed by atoms with Crippen molar-refractivity contribution in [1.82, 2.24) is 0 Å². The third-order valence-electron chi connectivity index (χ3n) is 11.0. The minimum Gasteiger partial charge on any atom is -0.481 e. The lowest BCUT2D eigenvalue weighted by Gasteiger charge is -2.31. The number of unbranched alkanes of at least 4 members (excludes halogenated alkanes) is 23. The summed E-state index contributed by atoms with van der Waals surface area (Å²) in [4.78, 5) is 25.6. The van der Waals surface area contributed by atoms with Crippen LogP contribution < -0.4 is 0 Å². The molecule has 0 aromatic heterocycles. The lowest BCUT2D eigenvalue weighted by Crippen LogP contribution is -2.31. The van der Waals surface area contributed by atoms with Gasteiger partial charge in [-0.15, -0.1) is 0 Å². The molecular weight excluding hydrogens is 568 g/mol. The molecule has 0 saturated heterocycles. The van der Waals surface area contributed by atoms with Crippen molar-refractivity contribution in [3.05, 3.63) is 0 Å². The minimum atomic E-state index is -0.574. The van der Waals surface area contributed by atoms with Crippen LogP contribution in [0.15, 0.2) is 0 Å². The van der Waals surface area contributed by atoms with E-state index in [9.17, 15) is 19.8 Å². The summed E-state index contributed by atoms with van der Waals surface area (Å²) in [6, 6.07) is 0. The average Bonchev–Trinajstić information content (AvgIpc) is 3.04. The largest absolute Gasteiger partial charge is 0.481 e. The quantitative estimate of drug-likeness (QED) is 0.0656. The third-order valence-corrected chi connectivity index (χ3v) is 11.0. The first-order valence-corrected chi connectivity index (χ1v) is 20.8. The average molecular weight is 651 g/mol. The summed E-state index contributed by atoms with van der Waals surface area (Å²) in [7, 11) is 0. The maximum Gasteiger partial charge on any atom is 0.309 e. The van der Waals surface area contributed by atoms with Crippen molar-refractivity contribution in [2.45, 2.75) is 246 Å². The van der Waals surface area contributed by atoms with Gasteiger partial charge in [0.15, 0.2) is 0 Å². The molecule has 0 saturated carbocycles. The Morgan fingerprint density at radius 3 is 0.609 bits per heavy atom. The van der Waals surface area contributed by atoms with E-state index < -0.39 is 22.8 Å². The van der Waals surface area contributed by atoms with E-state index in [0.29, 0.717) is 0 Å². The summed E-state index contributed by atoms with van der Waals surface area (Å²) in [5, 5.41) is 21.0. The van der Waals surface area contributed by atoms with Crippen LogP contribution in [0.25, 0.3) is 0 Å². The van der Waals surface area contributed by atoms with Gasteiger partial charge in [-0.25, -0.2) is 0 Å². The fourth-order valence-corrected chi connectivity index (χ4v) is 7.65. The van der Waals surface area contributed by atoms with Crippen molar-refractivity contribution in [3.8, 4) is 0 Å². The molecule has 0 unspecified atom stereocenters. The SMILES string of the molecule is CCCCCCCCC(CCCCCCCC)(CCCCCCC(CCCCCCCC)(CCCCCCCC)C(=O)O)C(=O)O. The molecule has 0 fully saturated rings. The molecule has 0 aliphatic carbocycles. The molecule has 0 bridgehead atoms. The summed E-state index contributed by atoms with van der Waals surface area (Å²) in [6.45, 7) is 8.96. The highest BCUT2D eigenvalue weighted by atomic mass is 16.4. The Balaban J connectivity index is 5.10. The van der Waals surface area contributed by atoms with Crippen LogP contribution >= 0.6 is 0 Å². The molecule has 0 radical (unpaired) electrons. The van der Waals surface area contributed by atoms with Gasteiger partial charge >= 0.3 is 11.9 Å². The van der Waals surface area contributed by atoms with E-state index in [0.717, 1.165) is 116 Å². The first-order chi connectivity index (χ1) is 22.3. The lowest BCUT2D eigenvalue weighted by molar-refractivity contribution is -0.152. The van der Waals surface area contributed by atoms with E-state index in [1.165, 1.54) is 103 Å². The van der Waals surface area contributed by atoms with E-state index in [1.54, 1.807) is 0 Å². The molecule has 0 aromatic carbocycles. The van der Waals surface area contributed by atoms with Crippen molar-refractivity contribution >= 4 is 11.9 Å². The molecule has 46 heavy (non-hydrogen) atoms. The van der Waals surface area contributed by atoms with E-state index in [1.807, 2.05) is 0 Å². The summed E-state index contributed by atoms with van der Waals surface area (Å²) < 4.78 is 0. The van der Waals surface area contributed by atoms with Crippen molar-refractivity contribution in [1.29, 1.82) is 0 Å². The molecule has 0 aliphatic rings. The number of carbonyl (C=O) groups is 2. The zero-order valence-corrected chi connectivity index (χ0v) is 31.8. The molecule has 0 aliphatic heterocycles. The highest BCUT2D eigenvalue weighted by Gasteiger charge is 2.38. The standard InChI is InChI=1S/C42H82O4/c1-5-9-13-17-21-27-33-41(39(43)44,34-28-22-18-14-10-6-2)37-31-25-26-32-38-42(40(45)46,35-29-23-19-15-11-7-3)36-30-24-20-16-12-8-4/h5-38H2,1-4H3,(H,43,44)(H,45,46). The summed E-state index contributed by atoms with van der Waals surface area (Å²) in [5.41, 5.74) is -1.15. The predicted octanol–water partition coefficient (Wildman–Crippen LogP) is 14.5. The smallest absolute Gasteiger partial charge is 0.309 e. The van der Waals surface area contributed by atoms with Gasteiger partial charge in [0.2, 0.25) is 0 Å². The van der Waals surface area contributed by atoms with Crippen LogP contribution in [0.4, 0.5) is 0 Å². The second-order valence-corrected chi connectivity index (χ2v) is 15.2. The minimum absolute atomic E-state index is 0.572. The number of hydrogen-bond acceptors (Lipinski definition) is 2. The van der Waals surface area contributed by atoms with Crippen molar-refractivity contribution in [2.75, 3.05) is 0 Å². The molecule has 0 amide bonds. The molecular formula is C42H82O4. The molecule has 0 atom stereocenters. The topological polar surface area (TPSA) is 74.6 Å². The summed E-state index contributed by atoms with van der Waals surface area (Å²) in [6.07, 6.45) is 37.6. The van der Waals surface area contributed by atoms with Crippen molar-refractivity contribution in [2.24, 2.45) is 10.8 Å². The maximum absolute atomic E-state index is 12.8. The Bertz CT molecular complexity index is 597. The van der Waals surface area contributed by atoms with Gasteiger partial charge in [0.05, 0.1) is 10.8 Å². The van der Waals surface area contributed by atoms with Gasteiger partial charge < -0.3 is 10.2 Å². The number of carboxylic acids is 2. The Labute approximate surface area is 288 Å². The van der Waals surface area contributed by atoms with Crippen LogP contribution in [0.1, 0.15) is 246 Å². The molecule has 274 valence electrons. The monoisotopic (exact) mass is 651 g/mol. The van der Waals surface area contributed by atoms with Crippen LogP contribution in [-0.2, 0) is 9.59 Å². The normalized spacial score (nSPS) is 12.2. The van der Waals surface area contributed by atoms with Gasteiger partial charge in [0.25, 0.3) is 0 Å². The molecule has 0 rings (SSSR count). The molecule has 2 N–H and O–H groups in total. The van der Waals surface area contributed by atoms with Crippen LogP contribution in [-0.4, -0.2) is 22.2 Å². The van der Waals surface area contributed by atoms with Gasteiger partial charge in [0, 0.05) is 0 Å². The zero-order chi connectivity index (χ0) is 34.2. The van der Waals surface area contributed by atoms with Gasteiger partial charge in [-0.05, 0) is 38.5 Å². The van der Waals surface area contributed by atoms with Gasteiger partial charge in [0.1, 0.15) is 0 Å². The van der Waals surface area contributed by atoms with E-state index in [-0.39, 0.29) is 0 Å². The summed E-state index contributed by atoms with van der Waals surface area (Å²) in [5.74, 6) is -1.14. The molecule has 4 heteroatoms. The molecule has 0 heterocycles. The van der Waals surface area contributed by atoms with Crippen LogP contribution in [0, 0.1) is 10.8 Å². The van der Waals surface area contributed by atoms with Crippen molar-refractivity contribution in [3.63, 3.8) is 0 Å². The predicted molar refractivity (Wildman–Crippen MR) is 200 cm³/mol. The Morgan fingerprint density at radius 2 is 0.457 bits per heavy atom. The van der Waals surface area contributed by atoms with E-state index >= 15 is 0 Å². The fraction of sp³-hybridized carbons (Fsp3) is 0.952. The van der Waals surface area contributed by atoms with E-state index in [4.69, 9.17) is 0 Å². The number of aliphatic carboxylic acids is 2. The number of hydrogen-bond donors (Lipinski definition) is 2. The zero-order valence-electron chi connectivity index (χ0n) is 31.8. The van der Waals surface area contributed by atoms with Crippen LogP contribution in [0.2, 0.25) is 0 Å². The molecule has 0 aromatic rings. The van der Waals surface area contributed by atoms with Gasteiger partial charge in [-0.3, -0.25) is 9.59 Å². The Hall–Kier alpha value is -1.06. The highest BCUT2D eigenvalue weighted by Crippen LogP contribution is 2.40. The molecule has 0 spiro atoms. The van der Waals surface area contributed by atoms with Crippen LogP contribution in [0.5, 0.6) is 0 Å². The highest BCUT2D eigenvalue weighted by molar-refractivity contribution is 5.75. The van der Waals surface area contributed by atoms with E-state index in [2.05, 4.69) is 27.7 Å². The van der Waals surface area contributed by atoms with Crippen molar-refractivity contribution < 1.29 is 19.8 Å². The van der Waals surface area contributed by atoms with Gasteiger partial charge in [-0.1, -0.05) is 207 Å². The first-order valence-electron chi connectivity index (χ1n) is 20.8. The Kier molecular flexibility index (Phi) is 30.5. The van der Waals surface area contributed by atoms with Gasteiger partial charge in [-0.2, -0.15) is 0 Å².